The Morgan fingerprint density at radius 2 is 1.84 bits per heavy atom. The summed E-state index contributed by atoms with van der Waals surface area (Å²) in [5.74, 6) is 0.144. The van der Waals surface area contributed by atoms with Crippen LogP contribution < -0.4 is 15.5 Å². The molecule has 0 heterocycles. The second-order valence-corrected chi connectivity index (χ2v) is 6.59. The molecule has 25 heavy (non-hydrogen) atoms. The first-order chi connectivity index (χ1) is 12.0. The minimum atomic E-state index is -0.115. The van der Waals surface area contributed by atoms with Gasteiger partial charge in [-0.05, 0) is 48.7 Å². The van der Waals surface area contributed by atoms with Gasteiger partial charge >= 0.3 is 0 Å². The fraction of sp³-hybridized carbons (Fsp3) is 0.300. The molecule has 2 amide bonds. The van der Waals surface area contributed by atoms with E-state index in [9.17, 15) is 9.59 Å². The van der Waals surface area contributed by atoms with Crippen molar-refractivity contribution in [2.75, 3.05) is 24.3 Å². The molecule has 0 atom stereocenters. The molecule has 130 valence electrons. The first-order valence-electron chi connectivity index (χ1n) is 8.48. The van der Waals surface area contributed by atoms with Crippen molar-refractivity contribution in [2.45, 2.75) is 19.4 Å². The molecule has 0 aliphatic heterocycles. The van der Waals surface area contributed by atoms with Gasteiger partial charge < -0.3 is 15.5 Å². The molecule has 1 saturated carbocycles. The highest BCUT2D eigenvalue weighted by Gasteiger charge is 2.29. The summed E-state index contributed by atoms with van der Waals surface area (Å²) in [6.45, 7) is 0.415. The third-order valence-electron chi connectivity index (χ3n) is 4.22. The number of amides is 2. The first kappa shape index (κ1) is 17.0. The molecule has 0 radical (unpaired) electrons. The van der Waals surface area contributed by atoms with Crippen molar-refractivity contribution in [2.24, 2.45) is 5.92 Å². The number of hydrogen-bond donors (Lipinski definition) is 2. The molecule has 2 aromatic carbocycles. The van der Waals surface area contributed by atoms with Crippen molar-refractivity contribution < 1.29 is 9.59 Å². The van der Waals surface area contributed by atoms with Gasteiger partial charge in [-0.25, -0.2) is 0 Å². The van der Waals surface area contributed by atoms with E-state index in [2.05, 4.69) is 10.6 Å². The van der Waals surface area contributed by atoms with Crippen LogP contribution in [-0.2, 0) is 11.3 Å². The van der Waals surface area contributed by atoms with E-state index in [1.807, 2.05) is 61.5 Å². The van der Waals surface area contributed by atoms with Crippen LogP contribution in [0.1, 0.15) is 28.8 Å². The smallest absolute Gasteiger partial charge is 0.251 e. The lowest BCUT2D eigenvalue weighted by molar-refractivity contribution is -0.117. The summed E-state index contributed by atoms with van der Waals surface area (Å²) in [7, 11) is 3.89. The van der Waals surface area contributed by atoms with E-state index in [0.29, 0.717) is 12.1 Å². The van der Waals surface area contributed by atoms with Crippen molar-refractivity contribution >= 4 is 23.2 Å². The number of rotatable bonds is 6. The van der Waals surface area contributed by atoms with E-state index >= 15 is 0 Å². The van der Waals surface area contributed by atoms with Crippen LogP contribution in [0.5, 0.6) is 0 Å². The maximum Gasteiger partial charge on any atom is 0.251 e. The Morgan fingerprint density at radius 3 is 2.56 bits per heavy atom. The zero-order chi connectivity index (χ0) is 17.8. The van der Waals surface area contributed by atoms with Crippen LogP contribution in [0.2, 0.25) is 0 Å². The average molecular weight is 337 g/mol. The topological polar surface area (TPSA) is 61.4 Å². The number of carbonyl (C=O) groups is 2. The molecular formula is C20H23N3O2. The monoisotopic (exact) mass is 337 g/mol. The van der Waals surface area contributed by atoms with Crippen molar-refractivity contribution in [3.63, 3.8) is 0 Å². The van der Waals surface area contributed by atoms with Gasteiger partial charge in [-0.2, -0.15) is 0 Å². The predicted molar refractivity (Wildman–Crippen MR) is 99.7 cm³/mol. The summed E-state index contributed by atoms with van der Waals surface area (Å²) in [5, 5.41) is 5.85. The molecule has 3 rings (SSSR count). The van der Waals surface area contributed by atoms with Crippen LogP contribution in [0.3, 0.4) is 0 Å². The summed E-state index contributed by atoms with van der Waals surface area (Å²) in [4.78, 5) is 26.2. The molecule has 1 aliphatic carbocycles. The van der Waals surface area contributed by atoms with Gasteiger partial charge in [0.1, 0.15) is 0 Å². The fourth-order valence-corrected chi connectivity index (χ4v) is 2.56. The molecule has 2 aromatic rings. The average Bonchev–Trinajstić information content (AvgIpc) is 3.45. The number of anilines is 2. The van der Waals surface area contributed by atoms with Gasteiger partial charge in [0.05, 0.1) is 0 Å². The lowest BCUT2D eigenvalue weighted by atomic mass is 10.1. The fourth-order valence-electron chi connectivity index (χ4n) is 2.56. The van der Waals surface area contributed by atoms with E-state index in [4.69, 9.17) is 0 Å². The molecule has 0 aromatic heterocycles. The quantitative estimate of drug-likeness (QED) is 0.852. The van der Waals surface area contributed by atoms with Gasteiger partial charge in [-0.3, -0.25) is 9.59 Å². The Labute approximate surface area is 148 Å². The number of carbonyl (C=O) groups excluding carboxylic acids is 2. The molecule has 1 aliphatic rings. The Kier molecular flexibility index (Phi) is 5.03. The molecule has 0 unspecified atom stereocenters. The van der Waals surface area contributed by atoms with Gasteiger partial charge in [0, 0.05) is 43.5 Å². The molecule has 0 bridgehead atoms. The van der Waals surface area contributed by atoms with E-state index in [1.54, 1.807) is 6.07 Å². The van der Waals surface area contributed by atoms with Crippen LogP contribution in [0, 0.1) is 5.92 Å². The number of benzene rings is 2. The van der Waals surface area contributed by atoms with Crippen molar-refractivity contribution in [1.82, 2.24) is 5.32 Å². The normalized spacial score (nSPS) is 13.2. The van der Waals surface area contributed by atoms with Crippen LogP contribution in [0.4, 0.5) is 11.4 Å². The largest absolute Gasteiger partial charge is 0.378 e. The summed E-state index contributed by atoms with van der Waals surface area (Å²) in [6.07, 6.45) is 1.96. The highest BCUT2D eigenvalue weighted by Crippen LogP contribution is 2.30. The Bertz CT molecular complexity index is 782. The van der Waals surface area contributed by atoms with Gasteiger partial charge in [0.15, 0.2) is 0 Å². The van der Waals surface area contributed by atoms with E-state index in [1.165, 1.54) is 0 Å². The lowest BCUT2D eigenvalue weighted by Crippen LogP contribution is -2.23. The maximum absolute atomic E-state index is 12.4. The third-order valence-corrected chi connectivity index (χ3v) is 4.22. The molecule has 0 spiro atoms. The van der Waals surface area contributed by atoms with Crippen LogP contribution >= 0.6 is 0 Å². The van der Waals surface area contributed by atoms with Gasteiger partial charge in [0.2, 0.25) is 5.91 Å². The molecule has 5 heteroatoms. The molecule has 2 N–H and O–H groups in total. The SMILES string of the molecule is CN(C)c1cccc(C(=O)NCc2cccc(NC(=O)C3CC3)c2)c1. The molecular weight excluding hydrogens is 314 g/mol. The molecule has 1 fully saturated rings. The zero-order valence-electron chi connectivity index (χ0n) is 14.6. The van der Waals surface area contributed by atoms with Crippen molar-refractivity contribution in [1.29, 1.82) is 0 Å². The second-order valence-electron chi connectivity index (χ2n) is 6.59. The predicted octanol–water partition coefficient (Wildman–Crippen LogP) is 3.03. The van der Waals surface area contributed by atoms with Gasteiger partial charge in [-0.15, -0.1) is 0 Å². The van der Waals surface area contributed by atoms with Crippen molar-refractivity contribution in [3.05, 3.63) is 59.7 Å². The molecule has 0 saturated heterocycles. The highest BCUT2D eigenvalue weighted by molar-refractivity contribution is 5.95. The highest BCUT2D eigenvalue weighted by atomic mass is 16.2. The van der Waals surface area contributed by atoms with E-state index < -0.39 is 0 Å². The minimum absolute atomic E-state index is 0.0849. The lowest BCUT2D eigenvalue weighted by Gasteiger charge is -2.13. The summed E-state index contributed by atoms with van der Waals surface area (Å²) < 4.78 is 0. The summed E-state index contributed by atoms with van der Waals surface area (Å²) in [6, 6.07) is 15.1. The Morgan fingerprint density at radius 1 is 1.08 bits per heavy atom. The Hall–Kier alpha value is -2.82. The van der Waals surface area contributed by atoms with E-state index in [0.717, 1.165) is 29.8 Å². The van der Waals surface area contributed by atoms with Crippen molar-refractivity contribution in [3.8, 4) is 0 Å². The zero-order valence-corrected chi connectivity index (χ0v) is 14.6. The van der Waals surface area contributed by atoms with E-state index in [-0.39, 0.29) is 17.7 Å². The maximum atomic E-state index is 12.4. The number of nitrogens with zero attached hydrogens (tertiary/aromatic N) is 1. The second kappa shape index (κ2) is 7.38. The summed E-state index contributed by atoms with van der Waals surface area (Å²) >= 11 is 0. The first-order valence-corrected chi connectivity index (χ1v) is 8.48. The number of nitrogens with one attached hydrogen (secondary N) is 2. The van der Waals surface area contributed by atoms with Gasteiger partial charge in [-0.1, -0.05) is 18.2 Å². The van der Waals surface area contributed by atoms with Crippen LogP contribution in [0.25, 0.3) is 0 Å². The van der Waals surface area contributed by atoms with Crippen LogP contribution in [0.15, 0.2) is 48.5 Å². The summed E-state index contributed by atoms with van der Waals surface area (Å²) in [5.41, 5.74) is 3.34. The standard InChI is InChI=1S/C20H23N3O2/c1-23(2)18-8-4-6-16(12-18)19(24)21-13-14-5-3-7-17(11-14)22-20(25)15-9-10-15/h3-8,11-12,15H,9-10,13H2,1-2H3,(H,21,24)(H,22,25). The van der Waals surface area contributed by atoms with Gasteiger partial charge in [0.25, 0.3) is 5.91 Å². The van der Waals surface area contributed by atoms with Crippen LogP contribution in [-0.4, -0.2) is 25.9 Å². The molecule has 5 nitrogen and oxygen atoms in total. The number of hydrogen-bond acceptors (Lipinski definition) is 3. The minimum Gasteiger partial charge on any atom is -0.378 e. The Balaban J connectivity index is 1.60. The third kappa shape index (κ3) is 4.59.